The Labute approximate surface area is 109 Å². The molecule has 0 N–H and O–H groups in total. The third-order valence-electron chi connectivity index (χ3n) is 2.24. The van der Waals surface area contributed by atoms with Gasteiger partial charge in [-0.2, -0.15) is 15.0 Å². The Bertz CT molecular complexity index is 627. The van der Waals surface area contributed by atoms with E-state index in [0.29, 0.717) is 12.2 Å². The lowest BCUT2D eigenvalue weighted by Gasteiger charge is -2.14. The number of nitrogens with zero attached hydrogens (tertiary/aromatic N) is 7. The second-order valence-corrected chi connectivity index (χ2v) is 5.24. The number of aromatic nitrogens is 6. The Balaban J connectivity index is 2.36. The summed E-state index contributed by atoms with van der Waals surface area (Å²) in [6.07, 6.45) is 3.05. The molecule has 0 bridgehead atoms. The molecule has 19 heavy (non-hydrogen) atoms. The second-order valence-electron chi connectivity index (χ2n) is 5.24. The molecule has 2 aromatic rings. The van der Waals surface area contributed by atoms with Gasteiger partial charge < -0.3 is 0 Å². The lowest BCUT2D eigenvalue weighted by Crippen LogP contribution is -2.22. The van der Waals surface area contributed by atoms with Gasteiger partial charge in [0.25, 0.3) is 0 Å². The van der Waals surface area contributed by atoms with Crippen molar-refractivity contribution in [3.8, 4) is 6.07 Å². The molecule has 0 saturated heterocycles. The summed E-state index contributed by atoms with van der Waals surface area (Å²) in [5.41, 5.74) is -0.0325. The van der Waals surface area contributed by atoms with Crippen molar-refractivity contribution in [3.05, 3.63) is 24.3 Å². The highest BCUT2D eigenvalue weighted by Crippen LogP contribution is 2.18. The molecule has 8 nitrogen and oxygen atoms in total. The summed E-state index contributed by atoms with van der Waals surface area (Å²) in [5, 5.41) is 16.8. The molecule has 0 saturated carbocycles. The predicted octanol–water partition coefficient (Wildman–Crippen LogP) is 0.846. The minimum Gasteiger partial charge on any atom is -0.243 e. The quantitative estimate of drug-likeness (QED) is 0.752. The van der Waals surface area contributed by atoms with Gasteiger partial charge in [-0.05, 0) is 5.41 Å². The average Bonchev–Trinajstić information content (AvgIpc) is 2.94. The van der Waals surface area contributed by atoms with E-state index < -0.39 is 6.03 Å². The monoisotopic (exact) mass is 259 g/mol. The topological polar surface area (TPSA) is 102 Å². The normalized spacial score (nSPS) is 11.3. The summed E-state index contributed by atoms with van der Waals surface area (Å²) in [4.78, 5) is 19.8. The second kappa shape index (κ2) is 4.61. The van der Waals surface area contributed by atoms with Crippen LogP contribution in [0.4, 0.5) is 4.79 Å². The van der Waals surface area contributed by atoms with Gasteiger partial charge in [0.2, 0.25) is 5.82 Å². The molecule has 0 atom stereocenters. The molecule has 2 aromatic heterocycles. The zero-order valence-electron chi connectivity index (χ0n) is 10.9. The lowest BCUT2D eigenvalue weighted by atomic mass is 9.92. The van der Waals surface area contributed by atoms with Gasteiger partial charge in [0, 0.05) is 6.42 Å². The third kappa shape index (κ3) is 2.82. The molecule has 0 aliphatic carbocycles. The van der Waals surface area contributed by atoms with Crippen molar-refractivity contribution < 1.29 is 4.79 Å². The van der Waals surface area contributed by atoms with Crippen LogP contribution < -0.4 is 0 Å². The van der Waals surface area contributed by atoms with Gasteiger partial charge >= 0.3 is 6.03 Å². The van der Waals surface area contributed by atoms with Gasteiger partial charge in [-0.25, -0.2) is 14.8 Å². The summed E-state index contributed by atoms with van der Waals surface area (Å²) in [7, 11) is 0. The molecular formula is C11H13N7O. The maximum Gasteiger partial charge on any atom is 0.373 e. The first-order valence-corrected chi connectivity index (χ1v) is 5.66. The van der Waals surface area contributed by atoms with Gasteiger partial charge in [0.1, 0.15) is 18.7 Å². The Kier molecular flexibility index (Phi) is 3.12. The van der Waals surface area contributed by atoms with Crippen LogP contribution in [0, 0.1) is 16.7 Å². The van der Waals surface area contributed by atoms with Gasteiger partial charge in [0.15, 0.2) is 5.82 Å². The molecule has 2 rings (SSSR count). The van der Waals surface area contributed by atoms with Crippen LogP contribution >= 0.6 is 0 Å². The van der Waals surface area contributed by atoms with Crippen molar-refractivity contribution in [3.63, 3.8) is 0 Å². The van der Waals surface area contributed by atoms with Gasteiger partial charge in [0.05, 0.1) is 0 Å². The first-order chi connectivity index (χ1) is 8.90. The van der Waals surface area contributed by atoms with E-state index in [1.54, 1.807) is 0 Å². The van der Waals surface area contributed by atoms with Crippen LogP contribution in [0.25, 0.3) is 0 Å². The van der Waals surface area contributed by atoms with Crippen molar-refractivity contribution in [2.24, 2.45) is 5.41 Å². The van der Waals surface area contributed by atoms with E-state index >= 15 is 0 Å². The summed E-state index contributed by atoms with van der Waals surface area (Å²) >= 11 is 0. The van der Waals surface area contributed by atoms with E-state index in [-0.39, 0.29) is 11.2 Å². The summed E-state index contributed by atoms with van der Waals surface area (Å²) < 4.78 is 1.94. The fraction of sp³-hybridized carbons (Fsp3) is 0.455. The van der Waals surface area contributed by atoms with Crippen LogP contribution in [0.1, 0.15) is 32.4 Å². The van der Waals surface area contributed by atoms with Crippen LogP contribution in [0.3, 0.4) is 0 Å². The molecule has 0 aliphatic heterocycles. The maximum absolute atomic E-state index is 12.0. The molecule has 0 unspecified atom stereocenters. The Hall–Kier alpha value is -2.56. The number of rotatable bonds is 1. The zero-order valence-corrected chi connectivity index (χ0v) is 10.9. The number of carbonyl (C=O) groups excluding carboxylic acids is 1. The molecule has 0 amide bonds. The highest BCUT2D eigenvalue weighted by molar-refractivity contribution is 5.78. The Morgan fingerprint density at radius 1 is 1.47 bits per heavy atom. The molecular weight excluding hydrogens is 246 g/mol. The van der Waals surface area contributed by atoms with Crippen LogP contribution in [-0.4, -0.2) is 35.6 Å². The first kappa shape index (κ1) is 12.9. The standard InChI is InChI=1S/C11H13N7O/c1-11(2,3)4-8-15-9(5-12)18(16-8)10(19)17-7-13-6-14-17/h6-7H,4H2,1-3H3. The van der Waals surface area contributed by atoms with E-state index in [2.05, 4.69) is 20.2 Å². The number of hydrogen-bond acceptors (Lipinski definition) is 6. The predicted molar refractivity (Wildman–Crippen MR) is 64.1 cm³/mol. The Morgan fingerprint density at radius 2 is 2.21 bits per heavy atom. The van der Waals surface area contributed by atoms with Crippen molar-refractivity contribution >= 4 is 6.03 Å². The molecule has 0 aliphatic rings. The maximum atomic E-state index is 12.0. The fourth-order valence-electron chi connectivity index (χ4n) is 1.51. The molecule has 0 radical (unpaired) electrons. The van der Waals surface area contributed by atoms with Crippen LogP contribution in [0.2, 0.25) is 0 Å². The average molecular weight is 259 g/mol. The van der Waals surface area contributed by atoms with Crippen molar-refractivity contribution in [1.82, 2.24) is 29.5 Å². The van der Waals surface area contributed by atoms with E-state index in [1.807, 2.05) is 26.8 Å². The summed E-state index contributed by atoms with van der Waals surface area (Å²) in [5.74, 6) is 0.400. The molecule has 0 fully saturated rings. The smallest absolute Gasteiger partial charge is 0.243 e. The number of carbonyl (C=O) groups is 1. The van der Waals surface area contributed by atoms with Crippen molar-refractivity contribution in [2.75, 3.05) is 0 Å². The highest BCUT2D eigenvalue weighted by atomic mass is 16.2. The minimum absolute atomic E-state index is 0.0325. The van der Waals surface area contributed by atoms with E-state index in [4.69, 9.17) is 5.26 Å². The Morgan fingerprint density at radius 3 is 2.74 bits per heavy atom. The number of nitriles is 1. The summed E-state index contributed by atoms with van der Waals surface area (Å²) in [6, 6.07) is 1.27. The van der Waals surface area contributed by atoms with Crippen LogP contribution in [0.5, 0.6) is 0 Å². The highest BCUT2D eigenvalue weighted by Gasteiger charge is 2.21. The van der Waals surface area contributed by atoms with Crippen molar-refractivity contribution in [2.45, 2.75) is 27.2 Å². The third-order valence-corrected chi connectivity index (χ3v) is 2.24. The van der Waals surface area contributed by atoms with E-state index in [0.717, 1.165) is 9.36 Å². The largest absolute Gasteiger partial charge is 0.373 e. The first-order valence-electron chi connectivity index (χ1n) is 5.66. The molecule has 2 heterocycles. The summed E-state index contributed by atoms with van der Waals surface area (Å²) in [6.45, 7) is 6.08. The van der Waals surface area contributed by atoms with Crippen LogP contribution in [0.15, 0.2) is 12.7 Å². The van der Waals surface area contributed by atoms with Gasteiger partial charge in [-0.3, -0.25) is 0 Å². The number of hydrogen-bond donors (Lipinski definition) is 0. The SMILES string of the molecule is CC(C)(C)Cc1nc(C#N)n(C(=O)n2cncn2)n1. The van der Waals surface area contributed by atoms with Gasteiger partial charge in [-0.1, -0.05) is 20.8 Å². The van der Waals surface area contributed by atoms with E-state index in [1.165, 1.54) is 12.7 Å². The molecule has 98 valence electrons. The zero-order chi connectivity index (χ0) is 14.0. The molecule has 0 spiro atoms. The van der Waals surface area contributed by atoms with E-state index in [9.17, 15) is 4.79 Å². The van der Waals surface area contributed by atoms with Crippen molar-refractivity contribution in [1.29, 1.82) is 5.26 Å². The lowest BCUT2D eigenvalue weighted by molar-refractivity contribution is 0.237. The van der Waals surface area contributed by atoms with Gasteiger partial charge in [-0.15, -0.1) is 9.78 Å². The molecule has 0 aromatic carbocycles. The van der Waals surface area contributed by atoms with Crippen LogP contribution in [-0.2, 0) is 6.42 Å². The molecule has 8 heteroatoms. The fourth-order valence-corrected chi connectivity index (χ4v) is 1.51. The minimum atomic E-state index is -0.582.